The van der Waals surface area contributed by atoms with Crippen LogP contribution < -0.4 is 10.1 Å². The first-order valence-electron chi connectivity index (χ1n) is 15.9. The molecule has 2 aromatic heterocycles. The monoisotopic (exact) mass is 638 g/mol. The summed E-state index contributed by atoms with van der Waals surface area (Å²) in [4.78, 5) is 51.1. The molecule has 5 atom stereocenters. The van der Waals surface area contributed by atoms with Crippen LogP contribution in [-0.2, 0) is 26.2 Å². The Morgan fingerprint density at radius 2 is 2.00 bits per heavy atom. The molecule has 1 fully saturated rings. The molecule has 4 bridgehead atoms. The Labute approximate surface area is 270 Å². The highest BCUT2D eigenvalue weighted by molar-refractivity contribution is 5.90. The quantitative estimate of drug-likeness (QED) is 0.288. The summed E-state index contributed by atoms with van der Waals surface area (Å²) < 4.78 is 24.1. The van der Waals surface area contributed by atoms with Gasteiger partial charge in [-0.05, 0) is 48.4 Å². The van der Waals surface area contributed by atoms with Crippen LogP contribution in [0.3, 0.4) is 0 Å². The van der Waals surface area contributed by atoms with Crippen LogP contribution in [0.1, 0.15) is 78.0 Å². The molecule has 4 aliphatic heterocycles. The van der Waals surface area contributed by atoms with Gasteiger partial charge in [-0.3, -0.25) is 9.59 Å². The minimum atomic E-state index is -1.16. The molecule has 1 unspecified atom stereocenters. The maximum absolute atomic E-state index is 14.3. The van der Waals surface area contributed by atoms with Gasteiger partial charge in [0.05, 0.1) is 7.11 Å². The first kappa shape index (κ1) is 29.4. The van der Waals surface area contributed by atoms with Crippen LogP contribution in [0.5, 0.6) is 5.75 Å². The molecule has 2 aromatic carbocycles. The van der Waals surface area contributed by atoms with Crippen LogP contribution in [0.25, 0.3) is 11.6 Å². The maximum atomic E-state index is 14.3. The molecule has 2 N–H and O–H groups in total. The second-order valence-corrected chi connectivity index (χ2v) is 13.0. The van der Waals surface area contributed by atoms with E-state index in [0.717, 1.165) is 22.4 Å². The Hall–Kier alpha value is -4.97. The number of nitrogens with one attached hydrogen (secondary N) is 1. The van der Waals surface area contributed by atoms with Crippen molar-refractivity contribution in [3.05, 3.63) is 82.8 Å². The summed E-state index contributed by atoms with van der Waals surface area (Å²) in [5.74, 6) is -0.788. The van der Waals surface area contributed by atoms with Gasteiger partial charge in [0.2, 0.25) is 17.7 Å². The number of aromatic nitrogens is 2. The van der Waals surface area contributed by atoms with Crippen molar-refractivity contribution in [1.82, 2.24) is 14.9 Å². The van der Waals surface area contributed by atoms with Gasteiger partial charge >= 0.3 is 5.97 Å². The van der Waals surface area contributed by atoms with Gasteiger partial charge in [-0.1, -0.05) is 44.2 Å². The lowest BCUT2D eigenvalue weighted by atomic mass is 9.72. The fourth-order valence-electron chi connectivity index (χ4n) is 7.61. The van der Waals surface area contributed by atoms with E-state index < -0.39 is 35.7 Å². The number of hydrogen-bond donors (Lipinski definition) is 2. The van der Waals surface area contributed by atoms with E-state index in [1.807, 2.05) is 42.5 Å². The summed E-state index contributed by atoms with van der Waals surface area (Å²) in [5, 5.41) is 14.1. The number of anilines is 1. The number of carbonyl (C=O) groups is 3. The number of aliphatic hydroxyl groups is 1. The van der Waals surface area contributed by atoms with Crippen molar-refractivity contribution in [1.29, 1.82) is 0 Å². The number of nitrogens with zero attached hydrogens (tertiary/aromatic N) is 3. The highest BCUT2D eigenvalue weighted by atomic mass is 16.5. The number of para-hydroxylation sites is 1. The van der Waals surface area contributed by atoms with Gasteiger partial charge < -0.3 is 33.6 Å². The number of amides is 1. The van der Waals surface area contributed by atoms with Crippen LogP contribution in [0, 0.1) is 11.8 Å². The van der Waals surface area contributed by atoms with Gasteiger partial charge in [0.15, 0.2) is 29.2 Å². The first-order chi connectivity index (χ1) is 22.7. The van der Waals surface area contributed by atoms with Crippen molar-refractivity contribution >= 4 is 23.3 Å². The topological polar surface area (TPSA) is 157 Å². The molecule has 12 heteroatoms. The minimum absolute atomic E-state index is 0.0194. The van der Waals surface area contributed by atoms with Gasteiger partial charge in [0.1, 0.15) is 29.6 Å². The summed E-state index contributed by atoms with van der Waals surface area (Å²) in [6, 6.07) is 13.2. The molecule has 6 heterocycles. The molecule has 8 rings (SSSR count). The largest absolute Gasteiger partial charge is 0.469 e. The van der Waals surface area contributed by atoms with E-state index in [2.05, 4.69) is 10.3 Å². The number of methoxy groups -OCH3 is 1. The van der Waals surface area contributed by atoms with E-state index in [9.17, 15) is 19.5 Å². The van der Waals surface area contributed by atoms with Gasteiger partial charge in [0, 0.05) is 30.1 Å². The van der Waals surface area contributed by atoms with Crippen molar-refractivity contribution in [3.8, 4) is 17.3 Å². The second-order valence-electron chi connectivity index (χ2n) is 13.0. The van der Waals surface area contributed by atoms with Crippen LogP contribution >= 0.6 is 0 Å². The standard InChI is InChI=1S/C35H34N4O8/c1-17(2)28(41)25(40)15-19-13-18-10-11-26-21(14-18)35(20-7-4-5-8-22(20)37-34(35)46-26)29-27(31-36-23(16-45-31)33(43)44-3)38-30(47-29)24-9-6-12-39(24)32(19)42/h4-5,7-8,10-11,14,16-17,19,24,28,34,37,41H,6,9,12-13,15H2,1-3H3/t19-,24+,28+,34?,35+/m1/s1. The van der Waals surface area contributed by atoms with E-state index in [4.69, 9.17) is 23.3 Å². The minimum Gasteiger partial charge on any atom is -0.469 e. The summed E-state index contributed by atoms with van der Waals surface area (Å²) in [7, 11) is 1.27. The van der Waals surface area contributed by atoms with E-state index in [-0.39, 0.29) is 41.3 Å². The molecule has 4 aromatic rings. The van der Waals surface area contributed by atoms with Crippen LogP contribution in [0.4, 0.5) is 5.69 Å². The Bertz CT molecular complexity index is 1930. The summed E-state index contributed by atoms with van der Waals surface area (Å²) >= 11 is 0. The lowest BCUT2D eigenvalue weighted by Crippen LogP contribution is -2.40. The predicted octanol–water partition coefficient (Wildman–Crippen LogP) is 4.41. The highest BCUT2D eigenvalue weighted by Crippen LogP contribution is 2.59. The van der Waals surface area contributed by atoms with Gasteiger partial charge in [-0.15, -0.1) is 0 Å². The SMILES string of the molecule is COC(=O)c1coc(-c2nc3oc2[C@@]24c5ccccc5NC2Oc2ccc(cc24)C[C@H](CC(=O)[C@@H](O)C(C)C)C(=O)N2CCC[C@@H]32)n1. The number of aliphatic hydroxyl groups excluding tert-OH is 1. The molecule has 4 aliphatic rings. The highest BCUT2D eigenvalue weighted by Gasteiger charge is 2.61. The Morgan fingerprint density at radius 1 is 1.17 bits per heavy atom. The second kappa shape index (κ2) is 10.8. The van der Waals surface area contributed by atoms with Crippen LogP contribution in [-0.4, -0.2) is 63.6 Å². The fraction of sp³-hybridized carbons (Fsp3) is 0.400. The zero-order chi connectivity index (χ0) is 32.6. The number of ether oxygens (including phenoxy) is 2. The van der Waals surface area contributed by atoms with Gasteiger partial charge in [-0.25, -0.2) is 14.8 Å². The number of carbonyl (C=O) groups excluding carboxylic acids is 3. The molecule has 0 saturated carbocycles. The lowest BCUT2D eigenvalue weighted by molar-refractivity contribution is -0.141. The number of esters is 1. The average Bonchev–Trinajstić information content (AvgIpc) is 3.89. The third-order valence-corrected chi connectivity index (χ3v) is 9.91. The molecule has 1 saturated heterocycles. The smallest absolute Gasteiger partial charge is 0.360 e. The number of hydrogen-bond acceptors (Lipinski definition) is 11. The summed E-state index contributed by atoms with van der Waals surface area (Å²) in [6.45, 7) is 4.03. The molecule has 12 nitrogen and oxygen atoms in total. The van der Waals surface area contributed by atoms with Crippen molar-refractivity contribution in [2.75, 3.05) is 19.0 Å². The molecule has 0 radical (unpaired) electrons. The van der Waals surface area contributed by atoms with Crippen molar-refractivity contribution in [3.63, 3.8) is 0 Å². The van der Waals surface area contributed by atoms with Crippen molar-refractivity contribution in [2.24, 2.45) is 11.8 Å². The molecular weight excluding hydrogens is 604 g/mol. The molecule has 1 amide bonds. The number of oxazole rings is 2. The lowest BCUT2D eigenvalue weighted by Gasteiger charge is -2.30. The molecule has 242 valence electrons. The third-order valence-electron chi connectivity index (χ3n) is 9.91. The zero-order valence-corrected chi connectivity index (χ0v) is 26.2. The Balaban J connectivity index is 1.37. The molecular formula is C35H34N4O8. The summed E-state index contributed by atoms with van der Waals surface area (Å²) in [5.41, 5.74) is 2.60. The van der Waals surface area contributed by atoms with E-state index in [0.29, 0.717) is 43.2 Å². The predicted molar refractivity (Wildman–Crippen MR) is 165 cm³/mol. The zero-order valence-electron chi connectivity index (χ0n) is 26.2. The fourth-order valence-corrected chi connectivity index (χ4v) is 7.61. The Kier molecular flexibility index (Phi) is 6.76. The van der Waals surface area contributed by atoms with E-state index in [1.54, 1.807) is 18.7 Å². The van der Waals surface area contributed by atoms with Gasteiger partial charge in [-0.2, -0.15) is 0 Å². The number of benzene rings is 2. The number of Topliss-reactive ketones (excluding diaryl/α,β-unsaturated/α-hetero) is 1. The van der Waals surface area contributed by atoms with Gasteiger partial charge in [0.25, 0.3) is 0 Å². The molecule has 0 aliphatic carbocycles. The Morgan fingerprint density at radius 3 is 2.81 bits per heavy atom. The van der Waals surface area contributed by atoms with E-state index in [1.165, 1.54) is 13.4 Å². The first-order valence-corrected chi connectivity index (χ1v) is 15.9. The van der Waals surface area contributed by atoms with Crippen LogP contribution in [0.2, 0.25) is 0 Å². The normalized spacial score (nSPS) is 24.4. The molecule has 47 heavy (non-hydrogen) atoms. The number of ketones is 1. The van der Waals surface area contributed by atoms with E-state index >= 15 is 0 Å². The summed E-state index contributed by atoms with van der Waals surface area (Å²) in [6.07, 6.45) is 0.943. The van der Waals surface area contributed by atoms with Crippen molar-refractivity contribution in [2.45, 2.75) is 63.3 Å². The third kappa shape index (κ3) is 4.34. The number of fused-ring (bicyclic) bond motifs is 6. The molecule has 1 spiro atoms. The average molecular weight is 639 g/mol. The maximum Gasteiger partial charge on any atom is 0.360 e. The van der Waals surface area contributed by atoms with Crippen molar-refractivity contribution < 1.29 is 37.8 Å². The number of rotatable bonds is 6. The van der Waals surface area contributed by atoms with Crippen LogP contribution in [0.15, 0.2) is 57.6 Å².